The monoisotopic (exact) mass is 272 g/mol. The number of amides is 1. The van der Waals surface area contributed by atoms with E-state index < -0.39 is 0 Å². The van der Waals surface area contributed by atoms with Crippen LogP contribution in [0.25, 0.3) is 0 Å². The van der Waals surface area contributed by atoms with E-state index in [-0.39, 0.29) is 17.7 Å². The van der Waals surface area contributed by atoms with Crippen molar-refractivity contribution >= 4 is 23.1 Å². The minimum atomic E-state index is 0.0906. The van der Waals surface area contributed by atoms with Crippen molar-refractivity contribution in [1.82, 2.24) is 4.90 Å². The van der Waals surface area contributed by atoms with Gasteiger partial charge in [-0.05, 0) is 19.8 Å². The molecule has 1 amide bonds. The van der Waals surface area contributed by atoms with Gasteiger partial charge in [-0.1, -0.05) is 45.8 Å². The molecule has 0 aromatic heterocycles. The number of carbonyl (C=O) groups excluding carboxylic acids is 1. The lowest BCUT2D eigenvalue weighted by molar-refractivity contribution is -0.136. The van der Waals surface area contributed by atoms with Crippen LogP contribution in [0, 0.1) is 11.8 Å². The Balaban J connectivity index is 4.60. The number of thiocarbonyl (C=S) groups is 1. The Morgan fingerprint density at radius 2 is 1.72 bits per heavy atom. The number of carbonyl (C=O) groups is 1. The predicted octanol–water partition coefficient (Wildman–Crippen LogP) is 2.97. The van der Waals surface area contributed by atoms with Gasteiger partial charge in [0.25, 0.3) is 0 Å². The third-order valence-electron chi connectivity index (χ3n) is 3.30. The summed E-state index contributed by atoms with van der Waals surface area (Å²) in [6.07, 6.45) is 4.06. The zero-order valence-corrected chi connectivity index (χ0v) is 13.1. The van der Waals surface area contributed by atoms with Gasteiger partial charge in [0.05, 0.1) is 4.99 Å². The molecule has 0 aliphatic rings. The molecule has 4 heteroatoms. The van der Waals surface area contributed by atoms with Crippen LogP contribution in [-0.2, 0) is 4.79 Å². The first-order valence-electron chi connectivity index (χ1n) is 7.05. The third-order valence-corrected chi connectivity index (χ3v) is 3.70. The van der Waals surface area contributed by atoms with Gasteiger partial charge < -0.3 is 10.6 Å². The number of nitrogens with zero attached hydrogens (tertiary/aromatic N) is 1. The average Bonchev–Trinajstić information content (AvgIpc) is 2.34. The summed E-state index contributed by atoms with van der Waals surface area (Å²) in [5.74, 6) is 0.524. The Hall–Kier alpha value is -0.640. The molecule has 0 radical (unpaired) electrons. The molecule has 0 spiro atoms. The van der Waals surface area contributed by atoms with Crippen molar-refractivity contribution in [3.8, 4) is 0 Å². The van der Waals surface area contributed by atoms with Crippen LogP contribution in [0.1, 0.15) is 53.4 Å². The third kappa shape index (κ3) is 5.80. The van der Waals surface area contributed by atoms with Crippen molar-refractivity contribution in [2.45, 2.75) is 53.4 Å². The van der Waals surface area contributed by atoms with Crippen molar-refractivity contribution < 1.29 is 4.79 Å². The smallest absolute Gasteiger partial charge is 0.225 e. The molecule has 0 aliphatic carbocycles. The number of hydrogen-bond donors (Lipinski definition) is 1. The molecule has 106 valence electrons. The maximum Gasteiger partial charge on any atom is 0.225 e. The maximum absolute atomic E-state index is 12.5. The van der Waals surface area contributed by atoms with Crippen LogP contribution < -0.4 is 5.73 Å². The van der Waals surface area contributed by atoms with Gasteiger partial charge in [0.15, 0.2) is 0 Å². The summed E-state index contributed by atoms with van der Waals surface area (Å²) >= 11 is 4.98. The Morgan fingerprint density at radius 1 is 1.22 bits per heavy atom. The molecule has 0 saturated heterocycles. The fourth-order valence-corrected chi connectivity index (χ4v) is 2.22. The SMILES string of the molecule is CCCC(CCC)C(=O)N(CC)CC(C)C(N)=S. The molecule has 0 rings (SSSR count). The van der Waals surface area contributed by atoms with E-state index in [0.29, 0.717) is 11.5 Å². The molecule has 0 aliphatic heterocycles. The fourth-order valence-electron chi connectivity index (χ4n) is 2.14. The fraction of sp³-hybridized carbons (Fsp3) is 0.857. The quantitative estimate of drug-likeness (QED) is 0.656. The van der Waals surface area contributed by atoms with Crippen molar-refractivity contribution in [2.24, 2.45) is 17.6 Å². The summed E-state index contributed by atoms with van der Waals surface area (Å²) < 4.78 is 0. The lowest BCUT2D eigenvalue weighted by Gasteiger charge is -2.28. The minimum absolute atomic E-state index is 0.0906. The molecule has 1 atom stereocenters. The van der Waals surface area contributed by atoms with Gasteiger partial charge in [-0.3, -0.25) is 4.79 Å². The van der Waals surface area contributed by atoms with Gasteiger partial charge in [0, 0.05) is 24.9 Å². The van der Waals surface area contributed by atoms with Gasteiger partial charge >= 0.3 is 0 Å². The molecule has 0 aromatic carbocycles. The highest BCUT2D eigenvalue weighted by Crippen LogP contribution is 2.17. The lowest BCUT2D eigenvalue weighted by atomic mass is 9.96. The van der Waals surface area contributed by atoms with E-state index >= 15 is 0 Å². The number of hydrogen-bond acceptors (Lipinski definition) is 2. The molecule has 0 saturated carbocycles. The van der Waals surface area contributed by atoms with Crippen LogP contribution in [0.3, 0.4) is 0 Å². The topological polar surface area (TPSA) is 46.3 Å². The molecular weight excluding hydrogens is 244 g/mol. The molecule has 2 N–H and O–H groups in total. The van der Waals surface area contributed by atoms with Gasteiger partial charge in [-0.2, -0.15) is 0 Å². The van der Waals surface area contributed by atoms with Crippen LogP contribution in [-0.4, -0.2) is 28.9 Å². The average molecular weight is 272 g/mol. The van der Waals surface area contributed by atoms with E-state index in [1.54, 1.807) is 0 Å². The first-order chi connectivity index (χ1) is 8.47. The van der Waals surface area contributed by atoms with E-state index in [1.807, 2.05) is 18.7 Å². The lowest BCUT2D eigenvalue weighted by Crippen LogP contribution is -2.41. The molecule has 0 bridgehead atoms. The Morgan fingerprint density at radius 3 is 2.06 bits per heavy atom. The summed E-state index contributed by atoms with van der Waals surface area (Å²) in [5.41, 5.74) is 5.63. The molecule has 18 heavy (non-hydrogen) atoms. The van der Waals surface area contributed by atoms with Crippen molar-refractivity contribution in [3.63, 3.8) is 0 Å². The van der Waals surface area contributed by atoms with Crippen molar-refractivity contribution in [1.29, 1.82) is 0 Å². The zero-order valence-electron chi connectivity index (χ0n) is 12.2. The van der Waals surface area contributed by atoms with E-state index in [1.165, 1.54) is 0 Å². The highest BCUT2D eigenvalue weighted by atomic mass is 32.1. The first kappa shape index (κ1) is 17.4. The van der Waals surface area contributed by atoms with E-state index in [0.717, 1.165) is 32.2 Å². The highest BCUT2D eigenvalue weighted by Gasteiger charge is 2.23. The van der Waals surface area contributed by atoms with Crippen molar-refractivity contribution in [3.05, 3.63) is 0 Å². The second-order valence-corrected chi connectivity index (χ2v) is 5.43. The maximum atomic E-state index is 12.5. The molecule has 3 nitrogen and oxygen atoms in total. The Labute approximate surface area is 117 Å². The summed E-state index contributed by atoms with van der Waals surface area (Å²) in [6, 6.07) is 0. The second-order valence-electron chi connectivity index (χ2n) is 4.95. The summed E-state index contributed by atoms with van der Waals surface area (Å²) in [5, 5.41) is 0. The molecule has 0 aromatic rings. The van der Waals surface area contributed by atoms with Gasteiger partial charge in [-0.15, -0.1) is 0 Å². The van der Waals surface area contributed by atoms with Crippen LogP contribution in [0.2, 0.25) is 0 Å². The number of nitrogens with two attached hydrogens (primary N) is 1. The normalized spacial score (nSPS) is 12.5. The summed E-state index contributed by atoms with van der Waals surface area (Å²) in [7, 11) is 0. The molecule has 0 fully saturated rings. The van der Waals surface area contributed by atoms with Gasteiger partial charge in [0.2, 0.25) is 5.91 Å². The van der Waals surface area contributed by atoms with Crippen LogP contribution >= 0.6 is 12.2 Å². The predicted molar refractivity (Wildman–Crippen MR) is 81.5 cm³/mol. The van der Waals surface area contributed by atoms with E-state index in [2.05, 4.69) is 13.8 Å². The van der Waals surface area contributed by atoms with E-state index in [9.17, 15) is 4.79 Å². The standard InChI is InChI=1S/C14H28N2OS/c1-5-8-12(9-6-2)14(17)16(7-3)10-11(4)13(15)18/h11-12H,5-10H2,1-4H3,(H2,15,18). The van der Waals surface area contributed by atoms with Crippen LogP contribution in [0.15, 0.2) is 0 Å². The molecular formula is C14H28N2OS. The zero-order chi connectivity index (χ0) is 14.1. The minimum Gasteiger partial charge on any atom is -0.393 e. The van der Waals surface area contributed by atoms with Crippen molar-refractivity contribution in [2.75, 3.05) is 13.1 Å². The summed E-state index contributed by atoms with van der Waals surface area (Å²) in [6.45, 7) is 9.63. The first-order valence-corrected chi connectivity index (χ1v) is 7.46. The Kier molecular flexibility index (Phi) is 8.98. The van der Waals surface area contributed by atoms with Crippen LogP contribution in [0.4, 0.5) is 0 Å². The number of rotatable bonds is 9. The summed E-state index contributed by atoms with van der Waals surface area (Å²) in [4.78, 5) is 14.8. The molecule has 0 heterocycles. The van der Waals surface area contributed by atoms with Gasteiger partial charge in [0.1, 0.15) is 0 Å². The van der Waals surface area contributed by atoms with Gasteiger partial charge in [-0.25, -0.2) is 0 Å². The van der Waals surface area contributed by atoms with Crippen LogP contribution in [0.5, 0.6) is 0 Å². The van der Waals surface area contributed by atoms with E-state index in [4.69, 9.17) is 18.0 Å². The molecule has 1 unspecified atom stereocenters. The second kappa shape index (κ2) is 9.31. The largest absolute Gasteiger partial charge is 0.393 e. The Bertz CT molecular complexity index is 263. The highest BCUT2D eigenvalue weighted by molar-refractivity contribution is 7.80.